The molecular weight excluding hydrogens is 585 g/mol. The van der Waals surface area contributed by atoms with Crippen LogP contribution in [0.15, 0.2) is 65.9 Å². The average Bonchev–Trinajstić information content (AvgIpc) is 2.89. The van der Waals surface area contributed by atoms with E-state index in [9.17, 15) is 30.7 Å². The number of hydrogen-bond acceptors (Lipinski definition) is 9. The van der Waals surface area contributed by atoms with Crippen molar-refractivity contribution in [2.24, 2.45) is 5.10 Å². The molecule has 3 N–H and O–H groups in total. The number of halogens is 8. The molecule has 17 heteroatoms. The van der Waals surface area contributed by atoms with Crippen LogP contribution in [0.3, 0.4) is 0 Å². The van der Waals surface area contributed by atoms with Gasteiger partial charge >= 0.3 is 12.5 Å². The van der Waals surface area contributed by atoms with E-state index in [0.29, 0.717) is 23.3 Å². The Balaban J connectivity index is 1.54. The molecule has 9 nitrogen and oxygen atoms in total. The van der Waals surface area contributed by atoms with E-state index in [1.165, 1.54) is 24.5 Å². The van der Waals surface area contributed by atoms with E-state index in [0.717, 1.165) is 18.2 Å². The van der Waals surface area contributed by atoms with E-state index in [4.69, 9.17) is 11.6 Å². The lowest BCUT2D eigenvalue weighted by molar-refractivity contribution is -0.274. The molecule has 0 saturated heterocycles. The van der Waals surface area contributed by atoms with Gasteiger partial charge in [0.25, 0.3) is 0 Å². The first-order valence-corrected chi connectivity index (χ1v) is 11.6. The zero-order valence-corrected chi connectivity index (χ0v) is 21.0. The molecule has 0 unspecified atom stereocenters. The Morgan fingerprint density at radius 2 is 1.59 bits per heavy atom. The van der Waals surface area contributed by atoms with Crippen LogP contribution in [0.1, 0.15) is 16.7 Å². The van der Waals surface area contributed by atoms with Crippen LogP contribution in [0, 0.1) is 5.82 Å². The van der Waals surface area contributed by atoms with Crippen LogP contribution < -0.4 is 20.8 Å². The Kier molecular flexibility index (Phi) is 8.71. The fourth-order valence-electron chi connectivity index (χ4n) is 3.12. The molecule has 214 valence electrons. The average molecular weight is 601 g/mol. The van der Waals surface area contributed by atoms with E-state index < -0.39 is 29.7 Å². The topological polar surface area (TPSA) is 109 Å². The van der Waals surface area contributed by atoms with Crippen molar-refractivity contribution in [1.29, 1.82) is 0 Å². The van der Waals surface area contributed by atoms with Crippen molar-refractivity contribution in [1.82, 2.24) is 19.9 Å². The van der Waals surface area contributed by atoms with Gasteiger partial charge in [-0.2, -0.15) is 33.2 Å². The monoisotopic (exact) mass is 600 g/mol. The van der Waals surface area contributed by atoms with Gasteiger partial charge in [0, 0.05) is 18.4 Å². The highest BCUT2D eigenvalue weighted by Gasteiger charge is 2.34. The number of alkyl halides is 6. The minimum atomic E-state index is -4.93. The summed E-state index contributed by atoms with van der Waals surface area (Å²) in [6.07, 6.45) is -7.02. The molecule has 0 spiro atoms. The van der Waals surface area contributed by atoms with Crippen molar-refractivity contribution < 1.29 is 35.5 Å². The first-order valence-electron chi connectivity index (χ1n) is 11.2. The Hall–Kier alpha value is -4.73. The number of anilines is 4. The smallest absolute Gasteiger partial charge is 0.406 e. The predicted octanol–water partition coefficient (Wildman–Crippen LogP) is 6.78. The highest BCUT2D eigenvalue weighted by Crippen LogP contribution is 2.33. The van der Waals surface area contributed by atoms with Gasteiger partial charge in [-0.05, 0) is 59.7 Å². The molecule has 41 heavy (non-hydrogen) atoms. The number of rotatable bonds is 9. The molecule has 0 amide bonds. The molecule has 0 bridgehead atoms. The van der Waals surface area contributed by atoms with Gasteiger partial charge in [-0.15, -0.1) is 13.2 Å². The summed E-state index contributed by atoms with van der Waals surface area (Å²) in [4.78, 5) is 16.3. The molecule has 4 rings (SSSR count). The number of aromatic nitrogens is 4. The summed E-state index contributed by atoms with van der Waals surface area (Å²) >= 11 is 5.78. The van der Waals surface area contributed by atoms with Gasteiger partial charge in [0.15, 0.2) is 0 Å². The zero-order chi connectivity index (χ0) is 29.6. The molecule has 2 aromatic heterocycles. The van der Waals surface area contributed by atoms with E-state index in [-0.39, 0.29) is 35.2 Å². The van der Waals surface area contributed by atoms with Crippen LogP contribution in [-0.2, 0) is 12.7 Å². The van der Waals surface area contributed by atoms with E-state index in [1.54, 1.807) is 12.1 Å². The Bertz CT molecular complexity index is 1510. The van der Waals surface area contributed by atoms with E-state index >= 15 is 0 Å². The molecular formula is C24H16ClF7N8O. The van der Waals surface area contributed by atoms with Gasteiger partial charge in [-0.3, -0.25) is 0 Å². The molecule has 2 heterocycles. The number of benzene rings is 2. The lowest BCUT2D eigenvalue weighted by Crippen LogP contribution is -2.17. The number of ether oxygens (including phenoxy) is 1. The number of hydrazone groups is 1. The first-order chi connectivity index (χ1) is 19.3. The third-order valence-corrected chi connectivity index (χ3v) is 5.12. The van der Waals surface area contributed by atoms with Crippen LogP contribution >= 0.6 is 11.6 Å². The van der Waals surface area contributed by atoms with E-state index in [2.05, 4.69) is 45.8 Å². The highest BCUT2D eigenvalue weighted by atomic mass is 35.5. The van der Waals surface area contributed by atoms with Crippen molar-refractivity contribution >= 4 is 41.3 Å². The summed E-state index contributed by atoms with van der Waals surface area (Å²) in [7, 11) is 0. The van der Waals surface area contributed by atoms with Gasteiger partial charge in [-0.1, -0.05) is 17.7 Å². The molecule has 0 radical (unpaired) electrons. The molecule has 0 fully saturated rings. The third kappa shape index (κ3) is 8.89. The molecule has 0 aliphatic rings. The number of pyridine rings is 1. The summed E-state index contributed by atoms with van der Waals surface area (Å²) in [5, 5.41) is 9.67. The van der Waals surface area contributed by atoms with Gasteiger partial charge in [0.2, 0.25) is 17.8 Å². The normalized spacial score (nSPS) is 11.9. The molecule has 0 aliphatic heterocycles. The lowest BCUT2D eigenvalue weighted by atomic mass is 10.2. The van der Waals surface area contributed by atoms with Crippen LogP contribution in [0.4, 0.5) is 54.3 Å². The van der Waals surface area contributed by atoms with Crippen LogP contribution in [-0.4, -0.2) is 32.5 Å². The van der Waals surface area contributed by atoms with Crippen LogP contribution in [0.2, 0.25) is 5.15 Å². The summed E-state index contributed by atoms with van der Waals surface area (Å²) in [5.74, 6) is -2.28. The van der Waals surface area contributed by atoms with Gasteiger partial charge < -0.3 is 15.4 Å². The van der Waals surface area contributed by atoms with Gasteiger partial charge in [-0.25, -0.2) is 14.8 Å². The molecule has 0 saturated carbocycles. The van der Waals surface area contributed by atoms with Crippen molar-refractivity contribution in [2.45, 2.75) is 19.1 Å². The summed E-state index contributed by atoms with van der Waals surface area (Å²) in [5.41, 5.74) is 1.95. The maximum atomic E-state index is 13.7. The lowest BCUT2D eigenvalue weighted by Gasteiger charge is -2.12. The second-order valence-electron chi connectivity index (χ2n) is 7.95. The molecule has 4 aromatic rings. The van der Waals surface area contributed by atoms with Gasteiger partial charge in [0.05, 0.1) is 11.8 Å². The largest absolute Gasteiger partial charge is 0.573 e. The number of nitrogens with one attached hydrogen (secondary N) is 3. The minimum Gasteiger partial charge on any atom is -0.406 e. The number of nitrogens with zero attached hydrogens (tertiary/aromatic N) is 5. The number of hydrogen-bond donors (Lipinski definition) is 3. The first kappa shape index (κ1) is 29.3. The van der Waals surface area contributed by atoms with E-state index in [1.807, 2.05) is 0 Å². The van der Waals surface area contributed by atoms with Gasteiger partial charge in [0.1, 0.15) is 16.7 Å². The zero-order valence-electron chi connectivity index (χ0n) is 20.2. The second-order valence-corrected chi connectivity index (χ2v) is 8.34. The Morgan fingerprint density at radius 3 is 2.24 bits per heavy atom. The predicted molar refractivity (Wildman–Crippen MR) is 135 cm³/mol. The highest BCUT2D eigenvalue weighted by molar-refractivity contribution is 6.29. The maximum Gasteiger partial charge on any atom is 0.573 e. The quantitative estimate of drug-likeness (QED) is 0.0835. The SMILES string of the molecule is Fc1ccc(Nc2nc(NCc3ccc(Cl)nc3)nc(N/N=C/c3ccc(OC(F)(F)F)cc3)n2)cc1C(F)(F)F. The minimum absolute atomic E-state index is 0.0260. The summed E-state index contributed by atoms with van der Waals surface area (Å²) in [6.45, 7) is 0.178. The summed E-state index contributed by atoms with van der Waals surface area (Å²) in [6, 6.07) is 10.3. The van der Waals surface area contributed by atoms with Crippen molar-refractivity contribution in [3.63, 3.8) is 0 Å². The fraction of sp³-hybridized carbons (Fsp3) is 0.125. The Morgan fingerprint density at radius 1 is 0.878 bits per heavy atom. The summed E-state index contributed by atoms with van der Waals surface area (Å²) < 4.78 is 93.9. The standard InChI is InChI=1S/C24H16ClF7N8O/c25-19-8-3-14(10-33-19)11-34-20-37-21(36-15-4-7-18(26)17(9-15)23(27,28)29)39-22(38-20)40-35-12-13-1-5-16(6-2-13)41-24(30,31)32/h1-10,12H,11H2,(H3,34,36,37,38,39,40)/b35-12+. The second kappa shape index (κ2) is 12.2. The fourth-order valence-corrected chi connectivity index (χ4v) is 3.23. The van der Waals surface area contributed by atoms with Crippen molar-refractivity contribution in [3.05, 3.63) is 88.5 Å². The Labute approximate surface area is 231 Å². The third-order valence-electron chi connectivity index (χ3n) is 4.89. The molecule has 0 aliphatic carbocycles. The molecule has 0 atom stereocenters. The maximum absolute atomic E-state index is 13.7. The van der Waals surface area contributed by atoms with Crippen LogP contribution in [0.25, 0.3) is 0 Å². The van der Waals surface area contributed by atoms with Crippen molar-refractivity contribution in [2.75, 3.05) is 16.1 Å². The molecule has 2 aromatic carbocycles. The van der Waals surface area contributed by atoms with Crippen LogP contribution in [0.5, 0.6) is 5.75 Å². The van der Waals surface area contributed by atoms with Crippen molar-refractivity contribution in [3.8, 4) is 5.75 Å².